The third kappa shape index (κ3) is 21.0. The number of pyridine rings is 4. The second-order valence-corrected chi connectivity index (χ2v) is 37.4. The van der Waals surface area contributed by atoms with Crippen LogP contribution in [0.2, 0.25) is 0 Å². The summed E-state index contributed by atoms with van der Waals surface area (Å²) in [6.45, 7) is 29.3. The van der Waals surface area contributed by atoms with E-state index in [1.165, 1.54) is 30.0 Å². The van der Waals surface area contributed by atoms with Crippen molar-refractivity contribution in [3.8, 4) is 55.6 Å². The smallest absolute Gasteiger partial charge is 0.346 e. The molecule has 0 atom stereocenters. The van der Waals surface area contributed by atoms with Crippen LogP contribution < -0.4 is 58.4 Å². The standard InChI is InChI=1S/C24H26N4O2.C23H24N4O3.C23H24N4O2.C20H17FN4O2.C20H18N2O4S/c1-3-8-26-10-12-27(13-11-26)19-7-6-18-14-20(24(29)30-22(18)15-19)21-16-28-9-4-5-17(2)23(28)25-21;1-16-3-2-6-27-15-20(24-22(16)27)19-13-17-4-5-18(14-21(17)30-23(19)29)26-9-7-25(8-10-26)11-12-28;1-3-25-9-11-26(12-10-25)18-7-6-17-13-19(23(28)29-21(17)14-18)20-15-27-8-4-5-16(2)22(27)24-20;21-14-2-4-19-23-17(12-25(19)11-14)16-9-13-1-3-15(10-18(13)27-20(16)26)24-7-5-22-6-8-24;23-10-14(11-24)21-9-12-5-6-13-8-15(20(25)26-17(13)7-12)19-22-16-3-1-2-4-18(16)27-19/h4-7,9,14-16H,3,8,10-13H2,1-2H3;2-6,13-15,28H,7-12H2,1H3;4-8,13-15H,3,9-12H2,1-2H3;1-4,9-12,22H,5-8H2;1-8,14,21,23-24H,9-11H2. The monoisotopic (exact) mass is 1940 g/mol. The van der Waals surface area contributed by atoms with Gasteiger partial charge in [-0.1, -0.05) is 56.3 Å². The number of thiazole rings is 1. The minimum absolute atomic E-state index is 0.148. The van der Waals surface area contributed by atoms with Gasteiger partial charge in [-0.15, -0.1) is 11.3 Å². The number of likely N-dealkylation sites (N-methyl/N-ethyl adjacent to an activating group) is 1. The Kier molecular flexibility index (Phi) is 28.2. The van der Waals surface area contributed by atoms with E-state index in [1.54, 1.807) is 34.9 Å². The zero-order chi connectivity index (χ0) is 98.5. The van der Waals surface area contributed by atoms with Crippen LogP contribution in [0.4, 0.5) is 27.1 Å². The van der Waals surface area contributed by atoms with Crippen LogP contribution in [-0.4, -0.2) is 223 Å². The molecule has 20 aromatic rings. The molecule has 0 aliphatic carbocycles. The number of aliphatic hydroxyl groups is 3. The molecule has 143 heavy (non-hydrogen) atoms. The fraction of sp³-hybridized carbons (Fsp3) is 0.273. The molecule has 24 rings (SSSR count). The van der Waals surface area contributed by atoms with Crippen molar-refractivity contribution in [3.63, 3.8) is 0 Å². The number of halogens is 1. The van der Waals surface area contributed by atoms with E-state index in [9.17, 15) is 28.4 Å². The first-order valence-corrected chi connectivity index (χ1v) is 49.2. The number of fused-ring (bicyclic) bond motifs is 10. The van der Waals surface area contributed by atoms with Gasteiger partial charge in [0, 0.05) is 241 Å². The highest BCUT2D eigenvalue weighted by molar-refractivity contribution is 7.21. The number of piperazine rings is 4. The molecule has 4 fully saturated rings. The Morgan fingerprint density at radius 3 is 1.19 bits per heavy atom. The number of anilines is 4. The molecular weight excluding hydrogens is 1830 g/mol. The van der Waals surface area contributed by atoms with Gasteiger partial charge in [0.25, 0.3) is 0 Å². The Morgan fingerprint density at radius 2 is 0.776 bits per heavy atom. The summed E-state index contributed by atoms with van der Waals surface area (Å²) in [4.78, 5) is 103. The van der Waals surface area contributed by atoms with Gasteiger partial charge in [0.2, 0.25) is 0 Å². The number of aromatic nitrogens is 9. The number of imidazole rings is 4. The summed E-state index contributed by atoms with van der Waals surface area (Å²) in [5.74, 6) is -0.363. The van der Waals surface area contributed by atoms with Gasteiger partial charge in [0.1, 0.15) is 61.3 Å². The van der Waals surface area contributed by atoms with Crippen molar-refractivity contribution in [1.29, 1.82) is 0 Å². The number of hydrogen-bond donors (Lipinski definition) is 5. The van der Waals surface area contributed by atoms with Crippen molar-refractivity contribution in [2.24, 2.45) is 0 Å². The summed E-state index contributed by atoms with van der Waals surface area (Å²) in [5, 5.41) is 38.7. The van der Waals surface area contributed by atoms with E-state index in [-0.39, 0.29) is 48.6 Å². The van der Waals surface area contributed by atoms with Gasteiger partial charge in [-0.05, 0) is 190 Å². The van der Waals surface area contributed by atoms with Gasteiger partial charge in [-0.2, -0.15) is 0 Å². The highest BCUT2D eigenvalue weighted by atomic mass is 32.1. The molecule has 6 aromatic carbocycles. The van der Waals surface area contributed by atoms with Crippen LogP contribution in [0.1, 0.15) is 42.5 Å². The summed E-state index contributed by atoms with van der Waals surface area (Å²) in [6.07, 6.45) is 15.6. The summed E-state index contributed by atoms with van der Waals surface area (Å²) in [6, 6.07) is 61.2. The third-order valence-electron chi connectivity index (χ3n) is 26.9. The van der Waals surface area contributed by atoms with E-state index in [1.807, 2.05) is 217 Å². The largest absolute Gasteiger partial charge is 0.422 e. The molecule has 31 nitrogen and oxygen atoms in total. The summed E-state index contributed by atoms with van der Waals surface area (Å²) < 4.78 is 50.0. The van der Waals surface area contributed by atoms with Gasteiger partial charge in [0.05, 0.1) is 86.7 Å². The molecule has 0 radical (unpaired) electrons. The highest BCUT2D eigenvalue weighted by Gasteiger charge is 2.26. The van der Waals surface area contributed by atoms with Gasteiger partial charge >= 0.3 is 28.1 Å². The second-order valence-electron chi connectivity index (χ2n) is 36.4. The number of para-hydroxylation sites is 1. The van der Waals surface area contributed by atoms with Crippen LogP contribution in [0, 0.1) is 26.6 Å². The predicted molar refractivity (Wildman–Crippen MR) is 561 cm³/mol. The molecule has 0 bridgehead atoms. The molecule has 0 saturated carbocycles. The number of nitrogens with one attached hydrogen (secondary N) is 2. The minimum atomic E-state index is -0.455. The van der Waals surface area contributed by atoms with E-state index in [4.69, 9.17) is 37.4 Å². The maximum absolute atomic E-state index is 13.4. The third-order valence-corrected chi connectivity index (χ3v) is 28.0. The summed E-state index contributed by atoms with van der Waals surface area (Å²) in [5.41, 5.74) is 17.9. The Bertz CT molecular complexity index is 8160. The van der Waals surface area contributed by atoms with Crippen LogP contribution in [0.25, 0.3) is 143 Å². The first kappa shape index (κ1) is 95.4. The van der Waals surface area contributed by atoms with E-state index in [0.29, 0.717) is 102 Å². The normalized spacial score (nSPS) is 14.6. The zero-order valence-electron chi connectivity index (χ0n) is 80.0. The molecule has 5 N–H and O–H groups in total. The van der Waals surface area contributed by atoms with Crippen molar-refractivity contribution < 1.29 is 41.8 Å². The molecular formula is C110H109FN18O13S. The van der Waals surface area contributed by atoms with Crippen LogP contribution >= 0.6 is 11.3 Å². The van der Waals surface area contributed by atoms with Gasteiger partial charge in [0.15, 0.2) is 0 Å². The molecule has 4 aliphatic rings. The van der Waals surface area contributed by atoms with Gasteiger partial charge in [-0.3, -0.25) is 9.80 Å². The summed E-state index contributed by atoms with van der Waals surface area (Å²) in [7, 11) is 0. The molecule has 14 aromatic heterocycles. The molecule has 4 aliphatic heterocycles. The lowest BCUT2D eigenvalue weighted by Crippen LogP contribution is -2.47. The minimum Gasteiger partial charge on any atom is -0.422 e. The topological polar surface area (TPSA) is 341 Å². The van der Waals surface area contributed by atoms with E-state index in [2.05, 4.69) is 102 Å². The number of hydrogen-bond acceptors (Lipinski definition) is 28. The van der Waals surface area contributed by atoms with E-state index in [0.717, 1.165) is 217 Å². The lowest BCUT2D eigenvalue weighted by Gasteiger charge is -2.36. The number of benzene rings is 6. The van der Waals surface area contributed by atoms with Crippen molar-refractivity contribution >= 4 is 122 Å². The number of nitrogens with zero attached hydrogens (tertiary/aromatic N) is 16. The highest BCUT2D eigenvalue weighted by Crippen LogP contribution is 2.35. The maximum atomic E-state index is 13.4. The number of aliphatic hydroxyl groups excluding tert-OH is 3. The fourth-order valence-corrected chi connectivity index (χ4v) is 19.8. The molecule has 33 heteroatoms. The van der Waals surface area contributed by atoms with Crippen LogP contribution in [0.15, 0.2) is 290 Å². The first-order chi connectivity index (χ1) is 69.7. The molecule has 0 amide bonds. The lowest BCUT2D eigenvalue weighted by molar-refractivity contribution is 0.170. The molecule has 18 heterocycles. The van der Waals surface area contributed by atoms with E-state index < -0.39 is 11.3 Å². The quantitative estimate of drug-likeness (QED) is 0.0470. The predicted octanol–water partition coefficient (Wildman–Crippen LogP) is 15.2. The number of aryl methyl sites for hydroxylation is 3. The zero-order valence-corrected chi connectivity index (χ0v) is 80.8. The first-order valence-electron chi connectivity index (χ1n) is 48.4. The van der Waals surface area contributed by atoms with Crippen LogP contribution in [0.5, 0.6) is 0 Å². The van der Waals surface area contributed by atoms with Crippen LogP contribution in [-0.2, 0) is 6.54 Å². The van der Waals surface area contributed by atoms with Crippen molar-refractivity contribution in [2.75, 3.05) is 164 Å². The number of β-amino-alcohol motifs (C(OH)–C–C–N with tert-alkyl or cyclic N) is 1. The van der Waals surface area contributed by atoms with E-state index >= 15 is 0 Å². The van der Waals surface area contributed by atoms with Crippen molar-refractivity contribution in [1.82, 2.24) is 67.9 Å². The second kappa shape index (κ2) is 42.3. The average molecular weight is 1940 g/mol. The Labute approximate surface area is 823 Å². The summed E-state index contributed by atoms with van der Waals surface area (Å²) >= 11 is 1.46. The molecule has 730 valence electrons. The van der Waals surface area contributed by atoms with Crippen molar-refractivity contribution in [2.45, 2.75) is 53.6 Å². The Morgan fingerprint density at radius 1 is 0.392 bits per heavy atom. The molecule has 4 saturated heterocycles. The maximum Gasteiger partial charge on any atom is 0.346 e. The van der Waals surface area contributed by atoms with Gasteiger partial charge in [-0.25, -0.2) is 53.3 Å². The van der Waals surface area contributed by atoms with Crippen LogP contribution in [0.3, 0.4) is 0 Å². The Hall–Kier alpha value is -15.2. The fourth-order valence-electron chi connectivity index (χ4n) is 18.9. The van der Waals surface area contributed by atoms with Crippen molar-refractivity contribution in [3.05, 3.63) is 324 Å². The molecule has 0 unspecified atom stereocenters. The van der Waals surface area contributed by atoms with Gasteiger partial charge < -0.3 is 90.1 Å². The SMILES string of the molecule is CCCN1CCN(c2ccc3cc(-c4cn5cccc(C)c5n4)c(=O)oc3c2)CC1.CCN1CCN(c2ccc3cc(-c4cn5cccc(C)c5n4)c(=O)oc3c2)CC1.Cc1cccn2cc(-c3cc4ccc(N5CCN(CCO)CC5)cc4oc3=O)nc12.O=c1oc2cc(CNC(CO)CO)ccc2cc1-c1nc2ccccc2s1.O=c1oc2cc(N3CCNCC3)ccc2cc1-c1cn2cc(F)ccc2n1. The lowest BCUT2D eigenvalue weighted by atomic mass is 10.1. The molecule has 0 spiro atoms. The number of rotatable bonds is 19. The Balaban J connectivity index is 0.000000109. The average Bonchev–Trinajstić information content (AvgIpc) is 1.68.